The smallest absolute Gasteiger partial charge is 0.219 e. The number of carbonyl (C=O) groups is 1. The minimum absolute atomic E-state index is 0.145. The third-order valence-corrected chi connectivity index (χ3v) is 3.27. The van der Waals surface area contributed by atoms with Gasteiger partial charge in [-0.2, -0.15) is 0 Å². The van der Waals surface area contributed by atoms with Gasteiger partial charge < -0.3 is 15.0 Å². The maximum absolute atomic E-state index is 11.4. The Kier molecular flexibility index (Phi) is 4.43. The molecule has 0 spiro atoms. The Morgan fingerprint density at radius 2 is 2.05 bits per heavy atom. The second-order valence-electron chi connectivity index (χ2n) is 5.21. The van der Waals surface area contributed by atoms with E-state index >= 15 is 0 Å². The zero-order valence-electron chi connectivity index (χ0n) is 11.8. The van der Waals surface area contributed by atoms with Gasteiger partial charge in [0, 0.05) is 32.6 Å². The molecule has 0 aromatic heterocycles. The van der Waals surface area contributed by atoms with Crippen LogP contribution in [0.4, 0.5) is 0 Å². The molecule has 1 fully saturated rings. The second-order valence-corrected chi connectivity index (χ2v) is 5.21. The number of hydrogen-bond donors (Lipinski definition) is 1. The van der Waals surface area contributed by atoms with Gasteiger partial charge in [-0.05, 0) is 31.5 Å². The van der Waals surface area contributed by atoms with E-state index in [1.165, 1.54) is 5.56 Å². The summed E-state index contributed by atoms with van der Waals surface area (Å²) in [6.07, 6.45) is 0.187. The van der Waals surface area contributed by atoms with Gasteiger partial charge in [-0.25, -0.2) is 0 Å². The molecular formula is C15H22N2O2. The maximum Gasteiger partial charge on any atom is 0.219 e. The number of hydrogen-bond acceptors (Lipinski definition) is 3. The molecule has 0 bridgehead atoms. The molecule has 4 nitrogen and oxygen atoms in total. The van der Waals surface area contributed by atoms with Crippen LogP contribution in [0, 0.1) is 0 Å². The fourth-order valence-corrected chi connectivity index (χ4v) is 2.31. The molecule has 0 radical (unpaired) electrons. The van der Waals surface area contributed by atoms with Crippen molar-refractivity contribution in [2.75, 3.05) is 19.6 Å². The zero-order valence-corrected chi connectivity index (χ0v) is 11.8. The first kappa shape index (κ1) is 13.9. The largest absolute Gasteiger partial charge is 0.491 e. The molecule has 1 atom stereocenters. The third kappa shape index (κ3) is 3.70. The Labute approximate surface area is 114 Å². The fraction of sp³-hybridized carbons (Fsp3) is 0.533. The van der Waals surface area contributed by atoms with Gasteiger partial charge in [-0.3, -0.25) is 4.79 Å². The van der Waals surface area contributed by atoms with Gasteiger partial charge in [-0.15, -0.1) is 0 Å². The number of amides is 1. The molecule has 1 saturated heterocycles. The topological polar surface area (TPSA) is 41.6 Å². The predicted molar refractivity (Wildman–Crippen MR) is 75.2 cm³/mol. The number of benzene rings is 1. The lowest BCUT2D eigenvalue weighted by molar-refractivity contribution is -0.130. The van der Waals surface area contributed by atoms with Crippen molar-refractivity contribution in [1.29, 1.82) is 0 Å². The average molecular weight is 262 g/mol. The first-order chi connectivity index (χ1) is 9.06. The van der Waals surface area contributed by atoms with Gasteiger partial charge in [0.15, 0.2) is 0 Å². The van der Waals surface area contributed by atoms with Crippen molar-refractivity contribution in [3.8, 4) is 5.75 Å². The molecule has 1 N–H and O–H groups in total. The van der Waals surface area contributed by atoms with E-state index < -0.39 is 0 Å². The van der Waals surface area contributed by atoms with Crippen LogP contribution in [0.5, 0.6) is 5.75 Å². The maximum atomic E-state index is 11.4. The Balaban J connectivity index is 2.03. The van der Waals surface area contributed by atoms with Crippen molar-refractivity contribution < 1.29 is 9.53 Å². The molecular weight excluding hydrogens is 240 g/mol. The number of carbonyl (C=O) groups excluding carboxylic acids is 1. The van der Waals surface area contributed by atoms with Crippen molar-refractivity contribution >= 4 is 5.91 Å². The summed E-state index contributed by atoms with van der Waals surface area (Å²) in [6.45, 7) is 8.03. The van der Waals surface area contributed by atoms with Crippen molar-refractivity contribution in [3.05, 3.63) is 29.8 Å². The average Bonchev–Trinajstić information content (AvgIpc) is 2.39. The summed E-state index contributed by atoms with van der Waals surface area (Å²) >= 11 is 0. The highest BCUT2D eigenvalue weighted by Gasteiger charge is 2.22. The second kappa shape index (κ2) is 6.06. The Hall–Kier alpha value is -1.55. The summed E-state index contributed by atoms with van der Waals surface area (Å²) in [4.78, 5) is 13.3. The molecule has 2 rings (SSSR count). The van der Waals surface area contributed by atoms with Crippen LogP contribution in [0.3, 0.4) is 0 Å². The Bertz CT molecular complexity index is 428. The molecule has 4 heteroatoms. The highest BCUT2D eigenvalue weighted by Crippen LogP contribution is 2.21. The summed E-state index contributed by atoms with van der Waals surface area (Å²) in [5.74, 6) is 1.03. The van der Waals surface area contributed by atoms with Gasteiger partial charge >= 0.3 is 0 Å². The van der Waals surface area contributed by atoms with Gasteiger partial charge in [0.2, 0.25) is 5.91 Å². The number of rotatable bonds is 3. The van der Waals surface area contributed by atoms with Crippen molar-refractivity contribution in [2.24, 2.45) is 0 Å². The Morgan fingerprint density at radius 3 is 2.63 bits per heavy atom. The van der Waals surface area contributed by atoms with Crippen LogP contribution >= 0.6 is 0 Å². The SMILES string of the molecule is CC(=O)N1CCN[C@@H](c2ccc(OC(C)C)cc2)C1. The van der Waals surface area contributed by atoms with Crippen molar-refractivity contribution in [2.45, 2.75) is 32.9 Å². The van der Waals surface area contributed by atoms with E-state index in [0.29, 0.717) is 0 Å². The van der Waals surface area contributed by atoms with Crippen molar-refractivity contribution in [3.63, 3.8) is 0 Å². The zero-order chi connectivity index (χ0) is 13.8. The first-order valence-corrected chi connectivity index (χ1v) is 6.82. The van der Waals surface area contributed by atoms with E-state index in [2.05, 4.69) is 17.4 Å². The standard InChI is InChI=1S/C15H22N2O2/c1-11(2)19-14-6-4-13(5-7-14)15-10-17(12(3)18)9-8-16-15/h4-7,11,15-16H,8-10H2,1-3H3/t15-/m1/s1. The van der Waals surface area contributed by atoms with Gasteiger partial charge in [-0.1, -0.05) is 12.1 Å². The van der Waals surface area contributed by atoms with Crippen LogP contribution in [0.15, 0.2) is 24.3 Å². The van der Waals surface area contributed by atoms with Crippen LogP contribution in [-0.4, -0.2) is 36.5 Å². The molecule has 1 aliphatic heterocycles. The molecule has 1 aromatic rings. The third-order valence-electron chi connectivity index (χ3n) is 3.27. The molecule has 1 aromatic carbocycles. The number of nitrogens with one attached hydrogen (secondary N) is 1. The summed E-state index contributed by atoms with van der Waals surface area (Å²) in [7, 11) is 0. The number of nitrogens with zero attached hydrogens (tertiary/aromatic N) is 1. The van der Waals surface area contributed by atoms with Crippen LogP contribution in [-0.2, 0) is 4.79 Å². The Morgan fingerprint density at radius 1 is 1.37 bits per heavy atom. The lowest BCUT2D eigenvalue weighted by atomic mass is 10.0. The van der Waals surface area contributed by atoms with E-state index in [4.69, 9.17) is 4.74 Å². The highest BCUT2D eigenvalue weighted by atomic mass is 16.5. The van der Waals surface area contributed by atoms with Crippen molar-refractivity contribution in [1.82, 2.24) is 10.2 Å². The monoisotopic (exact) mass is 262 g/mol. The predicted octanol–water partition coefficient (Wildman–Crippen LogP) is 1.97. The molecule has 0 aliphatic carbocycles. The van der Waals surface area contributed by atoms with E-state index in [1.807, 2.05) is 30.9 Å². The lowest BCUT2D eigenvalue weighted by Crippen LogP contribution is -2.47. The minimum atomic E-state index is 0.145. The normalized spacial score (nSPS) is 19.6. The van der Waals surface area contributed by atoms with Crippen LogP contribution in [0.25, 0.3) is 0 Å². The van der Waals surface area contributed by atoms with E-state index in [-0.39, 0.29) is 18.1 Å². The first-order valence-electron chi connectivity index (χ1n) is 6.82. The van der Waals surface area contributed by atoms with Crippen LogP contribution in [0.1, 0.15) is 32.4 Å². The van der Waals surface area contributed by atoms with Gasteiger partial charge in [0.25, 0.3) is 0 Å². The van der Waals surface area contributed by atoms with Gasteiger partial charge in [0.1, 0.15) is 5.75 Å². The van der Waals surface area contributed by atoms with E-state index in [0.717, 1.165) is 25.4 Å². The molecule has 19 heavy (non-hydrogen) atoms. The fourth-order valence-electron chi connectivity index (χ4n) is 2.31. The lowest BCUT2D eigenvalue weighted by Gasteiger charge is -2.33. The minimum Gasteiger partial charge on any atom is -0.491 e. The summed E-state index contributed by atoms with van der Waals surface area (Å²) < 4.78 is 5.63. The molecule has 0 unspecified atom stereocenters. The van der Waals surface area contributed by atoms with E-state index in [1.54, 1.807) is 6.92 Å². The molecule has 1 amide bonds. The summed E-state index contributed by atoms with van der Waals surface area (Å²) in [5.41, 5.74) is 1.20. The number of ether oxygens (including phenoxy) is 1. The molecule has 1 aliphatic rings. The molecule has 104 valence electrons. The summed E-state index contributed by atoms with van der Waals surface area (Å²) in [6, 6.07) is 8.33. The molecule has 1 heterocycles. The summed E-state index contributed by atoms with van der Waals surface area (Å²) in [5, 5.41) is 3.45. The van der Waals surface area contributed by atoms with Crippen LogP contribution < -0.4 is 10.1 Å². The quantitative estimate of drug-likeness (QED) is 0.905. The van der Waals surface area contributed by atoms with E-state index in [9.17, 15) is 4.79 Å². The number of piperazine rings is 1. The molecule has 0 saturated carbocycles. The highest BCUT2D eigenvalue weighted by molar-refractivity contribution is 5.73. The van der Waals surface area contributed by atoms with Gasteiger partial charge in [0.05, 0.1) is 6.10 Å². The van der Waals surface area contributed by atoms with Crippen LogP contribution in [0.2, 0.25) is 0 Å².